The largest absolute Gasteiger partial charge is 0.243 e. The number of sulfonamides is 1. The van der Waals surface area contributed by atoms with E-state index in [-0.39, 0.29) is 15.8 Å². The van der Waals surface area contributed by atoms with Gasteiger partial charge in [0.15, 0.2) is 0 Å². The summed E-state index contributed by atoms with van der Waals surface area (Å²) >= 11 is 12.6. The summed E-state index contributed by atoms with van der Waals surface area (Å²) in [6, 6.07) is 10.6. The third kappa shape index (κ3) is 3.24. The van der Waals surface area contributed by atoms with E-state index < -0.39 is 10.0 Å². The normalized spacial score (nSPS) is 11.7. The Hall–Kier alpha value is -0.590. The summed E-state index contributed by atoms with van der Waals surface area (Å²) in [5.41, 5.74) is 0.874. The first-order chi connectivity index (χ1) is 8.49. The highest BCUT2D eigenvalue weighted by atomic mass is 35.5. The van der Waals surface area contributed by atoms with Crippen LogP contribution in [0, 0.1) is 0 Å². The Morgan fingerprint density at radius 3 is 2.39 bits per heavy atom. The highest BCUT2D eigenvalue weighted by Crippen LogP contribution is 2.34. The Labute approximate surface area is 119 Å². The van der Waals surface area contributed by atoms with E-state index in [0.717, 1.165) is 16.9 Å². The number of thiophene rings is 1. The van der Waals surface area contributed by atoms with E-state index in [9.17, 15) is 8.42 Å². The molecule has 0 aliphatic carbocycles. The lowest BCUT2D eigenvalue weighted by molar-refractivity contribution is 0.582. The molecule has 7 heteroatoms. The van der Waals surface area contributed by atoms with E-state index >= 15 is 0 Å². The van der Waals surface area contributed by atoms with Crippen molar-refractivity contribution in [3.63, 3.8) is 0 Å². The number of nitrogens with one attached hydrogen (secondary N) is 1. The van der Waals surface area contributed by atoms with Crippen molar-refractivity contribution in [1.82, 2.24) is 4.72 Å². The van der Waals surface area contributed by atoms with Crippen molar-refractivity contribution in [3.8, 4) is 0 Å². The van der Waals surface area contributed by atoms with E-state index in [1.165, 1.54) is 6.07 Å². The summed E-state index contributed by atoms with van der Waals surface area (Å²) in [6.45, 7) is 0.215. The second-order valence-electron chi connectivity index (χ2n) is 3.50. The average Bonchev–Trinajstić information content (AvgIpc) is 2.68. The molecule has 2 rings (SSSR count). The van der Waals surface area contributed by atoms with Crippen molar-refractivity contribution in [2.24, 2.45) is 0 Å². The summed E-state index contributed by atoms with van der Waals surface area (Å²) in [4.78, 5) is 0.0232. The molecule has 3 nitrogen and oxygen atoms in total. The molecule has 0 radical (unpaired) electrons. The molecule has 2 aromatic rings. The Morgan fingerprint density at radius 2 is 1.83 bits per heavy atom. The molecule has 1 N–H and O–H groups in total. The molecule has 0 amide bonds. The van der Waals surface area contributed by atoms with Gasteiger partial charge in [0.1, 0.15) is 9.23 Å². The maximum absolute atomic E-state index is 12.0. The van der Waals surface area contributed by atoms with Crippen molar-refractivity contribution >= 4 is 44.6 Å². The zero-order valence-corrected chi connectivity index (χ0v) is 12.2. The first kappa shape index (κ1) is 13.8. The third-order valence-corrected chi connectivity index (χ3v) is 5.38. The van der Waals surface area contributed by atoms with Crippen molar-refractivity contribution in [2.45, 2.75) is 11.4 Å². The minimum absolute atomic E-state index is 0.0232. The predicted molar refractivity (Wildman–Crippen MR) is 74.8 cm³/mol. The predicted octanol–water partition coefficient (Wildman–Crippen LogP) is 3.53. The van der Waals surface area contributed by atoms with Crippen molar-refractivity contribution in [3.05, 3.63) is 50.6 Å². The topological polar surface area (TPSA) is 46.2 Å². The van der Waals surface area contributed by atoms with Crippen LogP contribution >= 0.6 is 34.5 Å². The van der Waals surface area contributed by atoms with Gasteiger partial charge in [-0.25, -0.2) is 13.1 Å². The molecule has 0 saturated carbocycles. The van der Waals surface area contributed by atoms with Gasteiger partial charge in [-0.05, 0) is 11.6 Å². The Morgan fingerprint density at radius 1 is 1.17 bits per heavy atom. The summed E-state index contributed by atoms with van der Waals surface area (Å²) in [5, 5.41) is 0. The van der Waals surface area contributed by atoms with Gasteiger partial charge in [0.05, 0.1) is 4.34 Å². The molecule has 0 spiro atoms. The third-order valence-electron chi connectivity index (χ3n) is 2.22. The molecule has 96 valence electrons. The first-order valence-electron chi connectivity index (χ1n) is 4.97. The summed E-state index contributed by atoms with van der Waals surface area (Å²) in [7, 11) is -3.62. The van der Waals surface area contributed by atoms with Crippen LogP contribution in [-0.2, 0) is 16.6 Å². The van der Waals surface area contributed by atoms with Gasteiger partial charge in [-0.2, -0.15) is 0 Å². The van der Waals surface area contributed by atoms with Crippen LogP contribution in [0.5, 0.6) is 0 Å². The number of rotatable bonds is 4. The molecule has 0 saturated heterocycles. The van der Waals surface area contributed by atoms with Gasteiger partial charge in [-0.3, -0.25) is 0 Å². The molecule has 0 unspecified atom stereocenters. The van der Waals surface area contributed by atoms with E-state index in [1.807, 2.05) is 30.3 Å². The smallest absolute Gasteiger partial charge is 0.207 e. The number of hydrogen-bond donors (Lipinski definition) is 1. The monoisotopic (exact) mass is 321 g/mol. The summed E-state index contributed by atoms with van der Waals surface area (Å²) in [5.74, 6) is 0. The summed E-state index contributed by atoms with van der Waals surface area (Å²) in [6.07, 6.45) is 0. The lowest BCUT2D eigenvalue weighted by Crippen LogP contribution is -2.22. The molecule has 0 fully saturated rings. The van der Waals surface area contributed by atoms with E-state index in [0.29, 0.717) is 4.34 Å². The Balaban J connectivity index is 2.16. The van der Waals surface area contributed by atoms with Gasteiger partial charge in [-0.15, -0.1) is 11.3 Å². The zero-order valence-electron chi connectivity index (χ0n) is 9.06. The molecular weight excluding hydrogens is 313 g/mol. The molecular formula is C11H9Cl2NO2S2. The number of halogens is 2. The van der Waals surface area contributed by atoms with Crippen molar-refractivity contribution < 1.29 is 8.42 Å². The van der Waals surface area contributed by atoms with E-state index in [2.05, 4.69) is 4.72 Å². The van der Waals surface area contributed by atoms with Crippen LogP contribution in [0.3, 0.4) is 0 Å². The van der Waals surface area contributed by atoms with Gasteiger partial charge in [0, 0.05) is 6.54 Å². The van der Waals surface area contributed by atoms with Crippen molar-refractivity contribution in [1.29, 1.82) is 0 Å². The van der Waals surface area contributed by atoms with E-state index in [1.54, 1.807) is 0 Å². The molecule has 18 heavy (non-hydrogen) atoms. The van der Waals surface area contributed by atoms with Crippen LogP contribution in [0.15, 0.2) is 41.3 Å². The Kier molecular flexibility index (Phi) is 4.29. The highest BCUT2D eigenvalue weighted by molar-refractivity contribution is 7.89. The van der Waals surface area contributed by atoms with Gasteiger partial charge in [0.25, 0.3) is 0 Å². The zero-order chi connectivity index (χ0) is 13.2. The fourth-order valence-corrected chi connectivity index (χ4v) is 4.53. The van der Waals surface area contributed by atoms with Gasteiger partial charge in [-0.1, -0.05) is 53.5 Å². The molecule has 1 aromatic heterocycles. The minimum atomic E-state index is -3.62. The first-order valence-corrected chi connectivity index (χ1v) is 8.03. The second-order valence-corrected chi connectivity index (χ2v) is 7.52. The maximum atomic E-state index is 12.0. The van der Waals surface area contributed by atoms with Crippen LogP contribution in [0.1, 0.15) is 5.56 Å². The molecule has 1 aromatic carbocycles. The minimum Gasteiger partial charge on any atom is -0.207 e. The molecule has 1 heterocycles. The second kappa shape index (κ2) is 5.59. The van der Waals surface area contributed by atoms with Crippen LogP contribution < -0.4 is 4.72 Å². The lowest BCUT2D eigenvalue weighted by Gasteiger charge is -2.05. The molecule has 0 atom stereocenters. The van der Waals surface area contributed by atoms with Crippen LogP contribution in [-0.4, -0.2) is 8.42 Å². The quantitative estimate of drug-likeness (QED) is 0.936. The molecule has 0 aliphatic rings. The molecule has 0 bridgehead atoms. The number of benzene rings is 1. The highest BCUT2D eigenvalue weighted by Gasteiger charge is 2.20. The fourth-order valence-electron chi connectivity index (χ4n) is 1.36. The lowest BCUT2D eigenvalue weighted by atomic mass is 10.2. The summed E-state index contributed by atoms with van der Waals surface area (Å²) < 4.78 is 27.0. The molecule has 0 aliphatic heterocycles. The fraction of sp³-hybridized carbons (Fsp3) is 0.0909. The Bertz CT molecular complexity index is 638. The SMILES string of the molecule is O=S(=O)(NCc1ccccc1)c1cc(Cl)sc1Cl. The van der Waals surface area contributed by atoms with Gasteiger partial charge in [0.2, 0.25) is 10.0 Å². The van der Waals surface area contributed by atoms with Crippen LogP contribution in [0.2, 0.25) is 8.67 Å². The van der Waals surface area contributed by atoms with Crippen LogP contribution in [0.4, 0.5) is 0 Å². The van der Waals surface area contributed by atoms with Crippen LogP contribution in [0.25, 0.3) is 0 Å². The maximum Gasteiger partial charge on any atom is 0.243 e. The van der Waals surface area contributed by atoms with Crippen molar-refractivity contribution in [2.75, 3.05) is 0 Å². The number of hydrogen-bond acceptors (Lipinski definition) is 3. The van der Waals surface area contributed by atoms with E-state index in [4.69, 9.17) is 23.2 Å². The standard InChI is InChI=1S/C11H9Cl2NO2S2/c12-10-6-9(11(13)17-10)18(15,16)14-7-8-4-2-1-3-5-8/h1-6,14H,7H2. The average molecular weight is 322 g/mol. The van der Waals surface area contributed by atoms with Gasteiger partial charge < -0.3 is 0 Å². The van der Waals surface area contributed by atoms with Gasteiger partial charge >= 0.3 is 0 Å².